The lowest BCUT2D eigenvalue weighted by molar-refractivity contribution is 0.414. The number of para-hydroxylation sites is 1. The van der Waals surface area contributed by atoms with Gasteiger partial charge in [-0.05, 0) is 24.3 Å². The Balaban J connectivity index is 1.63. The van der Waals surface area contributed by atoms with Gasteiger partial charge in [0.05, 0.1) is 7.11 Å². The molecule has 0 amide bonds. The van der Waals surface area contributed by atoms with E-state index in [-0.39, 0.29) is 0 Å². The highest BCUT2D eigenvalue weighted by atomic mass is 16.5. The largest absolute Gasteiger partial charge is 0.496 e. The Morgan fingerprint density at radius 2 is 2.09 bits per heavy atom. The highest BCUT2D eigenvalue weighted by Crippen LogP contribution is 2.21. The maximum Gasteiger partial charge on any atom is 0.247 e. The molecule has 0 fully saturated rings. The van der Waals surface area contributed by atoms with Crippen LogP contribution in [0.4, 0.5) is 5.69 Å². The molecule has 0 bridgehead atoms. The first kappa shape index (κ1) is 14.8. The number of ether oxygens (including phenoxy) is 1. The number of hydrogen-bond acceptors (Lipinski definition) is 5. The molecular weight excluding hydrogens is 290 g/mol. The van der Waals surface area contributed by atoms with Gasteiger partial charge in [-0.3, -0.25) is 0 Å². The standard InChI is InChI=1S/C18H17N3O2/c1-22-17-10-3-2-6-14(17)8-5-11-19-16-9-4-7-15(12-16)18-21-20-13-23-18/h2-10,12-13,19H,11H2,1H3. The molecule has 0 saturated carbocycles. The van der Waals surface area contributed by atoms with Crippen molar-refractivity contribution < 1.29 is 9.15 Å². The normalized spacial score (nSPS) is 10.8. The molecule has 23 heavy (non-hydrogen) atoms. The Hall–Kier alpha value is -3.08. The van der Waals surface area contributed by atoms with Gasteiger partial charge < -0.3 is 14.5 Å². The average molecular weight is 307 g/mol. The first-order chi connectivity index (χ1) is 11.4. The van der Waals surface area contributed by atoms with Gasteiger partial charge in [-0.1, -0.05) is 36.4 Å². The minimum atomic E-state index is 0.512. The molecule has 1 aromatic heterocycles. The molecule has 5 nitrogen and oxygen atoms in total. The molecule has 0 radical (unpaired) electrons. The molecule has 0 aliphatic rings. The molecule has 1 N–H and O–H groups in total. The summed E-state index contributed by atoms with van der Waals surface area (Å²) in [6, 6.07) is 15.8. The maximum atomic E-state index is 5.32. The molecule has 2 aromatic carbocycles. The van der Waals surface area contributed by atoms with Gasteiger partial charge in [0.25, 0.3) is 0 Å². The van der Waals surface area contributed by atoms with Crippen molar-refractivity contribution in [2.75, 3.05) is 19.0 Å². The van der Waals surface area contributed by atoms with E-state index in [1.807, 2.05) is 54.6 Å². The van der Waals surface area contributed by atoms with Crippen LogP contribution in [0.5, 0.6) is 5.75 Å². The molecule has 0 unspecified atom stereocenters. The predicted molar refractivity (Wildman–Crippen MR) is 90.3 cm³/mol. The monoisotopic (exact) mass is 307 g/mol. The molecule has 0 saturated heterocycles. The van der Waals surface area contributed by atoms with Crippen LogP contribution in [0.3, 0.4) is 0 Å². The van der Waals surface area contributed by atoms with E-state index in [1.165, 1.54) is 6.39 Å². The first-order valence-corrected chi connectivity index (χ1v) is 7.27. The van der Waals surface area contributed by atoms with Crippen molar-refractivity contribution in [1.29, 1.82) is 0 Å². The van der Waals surface area contributed by atoms with Gasteiger partial charge in [0.2, 0.25) is 12.3 Å². The zero-order valence-corrected chi connectivity index (χ0v) is 12.8. The van der Waals surface area contributed by atoms with Crippen LogP contribution in [0.25, 0.3) is 17.5 Å². The highest BCUT2D eigenvalue weighted by Gasteiger charge is 2.03. The summed E-state index contributed by atoms with van der Waals surface area (Å²) in [5.41, 5.74) is 2.93. The van der Waals surface area contributed by atoms with Crippen LogP contribution < -0.4 is 10.1 Å². The van der Waals surface area contributed by atoms with Gasteiger partial charge >= 0.3 is 0 Å². The summed E-state index contributed by atoms with van der Waals surface area (Å²) < 4.78 is 10.5. The predicted octanol–water partition coefficient (Wildman–Crippen LogP) is 3.87. The van der Waals surface area contributed by atoms with Crippen molar-refractivity contribution in [2.24, 2.45) is 0 Å². The van der Waals surface area contributed by atoms with Gasteiger partial charge in [-0.15, -0.1) is 10.2 Å². The van der Waals surface area contributed by atoms with E-state index in [9.17, 15) is 0 Å². The van der Waals surface area contributed by atoms with E-state index >= 15 is 0 Å². The smallest absolute Gasteiger partial charge is 0.247 e. The lowest BCUT2D eigenvalue weighted by atomic mass is 10.2. The highest BCUT2D eigenvalue weighted by molar-refractivity contribution is 5.62. The van der Waals surface area contributed by atoms with Gasteiger partial charge in [-0.25, -0.2) is 0 Å². The van der Waals surface area contributed by atoms with Gasteiger partial charge in [-0.2, -0.15) is 0 Å². The zero-order chi connectivity index (χ0) is 15.9. The Kier molecular flexibility index (Phi) is 4.69. The van der Waals surface area contributed by atoms with Crippen LogP contribution in [0, 0.1) is 0 Å². The minimum Gasteiger partial charge on any atom is -0.496 e. The molecule has 0 atom stereocenters. The molecule has 3 rings (SSSR count). The quantitative estimate of drug-likeness (QED) is 0.749. The fraction of sp³-hybridized carbons (Fsp3) is 0.111. The average Bonchev–Trinajstić information content (AvgIpc) is 3.14. The molecule has 1 heterocycles. The van der Waals surface area contributed by atoms with Crippen molar-refractivity contribution in [1.82, 2.24) is 10.2 Å². The molecular formula is C18H17N3O2. The fourth-order valence-electron chi connectivity index (χ4n) is 2.23. The van der Waals surface area contributed by atoms with Crippen LogP contribution in [0.1, 0.15) is 5.56 Å². The Morgan fingerprint density at radius 1 is 1.17 bits per heavy atom. The molecule has 5 heteroatoms. The second-order valence-electron chi connectivity index (χ2n) is 4.85. The molecule has 0 spiro atoms. The second kappa shape index (κ2) is 7.26. The molecule has 0 aliphatic carbocycles. The first-order valence-electron chi connectivity index (χ1n) is 7.27. The summed E-state index contributed by atoms with van der Waals surface area (Å²) in [5.74, 6) is 1.38. The lowest BCUT2D eigenvalue weighted by Crippen LogP contribution is -1.98. The summed E-state index contributed by atoms with van der Waals surface area (Å²) in [4.78, 5) is 0. The summed E-state index contributed by atoms with van der Waals surface area (Å²) in [6.45, 7) is 0.700. The van der Waals surface area contributed by atoms with Crippen LogP contribution >= 0.6 is 0 Å². The Morgan fingerprint density at radius 3 is 2.91 bits per heavy atom. The van der Waals surface area contributed by atoms with Crippen molar-refractivity contribution in [3.05, 3.63) is 66.6 Å². The van der Waals surface area contributed by atoms with E-state index < -0.39 is 0 Å². The van der Waals surface area contributed by atoms with E-state index in [1.54, 1.807) is 7.11 Å². The summed E-state index contributed by atoms with van der Waals surface area (Å²) in [6.07, 6.45) is 5.41. The number of methoxy groups -OCH3 is 1. The molecule has 116 valence electrons. The van der Waals surface area contributed by atoms with Crippen molar-refractivity contribution >= 4 is 11.8 Å². The third-order valence-corrected chi connectivity index (χ3v) is 3.33. The van der Waals surface area contributed by atoms with Crippen molar-refractivity contribution in [3.8, 4) is 17.2 Å². The zero-order valence-electron chi connectivity index (χ0n) is 12.8. The number of rotatable bonds is 6. The molecule has 3 aromatic rings. The van der Waals surface area contributed by atoms with Crippen LogP contribution in [0.2, 0.25) is 0 Å². The Bertz CT molecular complexity index is 782. The van der Waals surface area contributed by atoms with Gasteiger partial charge in [0, 0.05) is 23.4 Å². The van der Waals surface area contributed by atoms with E-state index in [4.69, 9.17) is 9.15 Å². The van der Waals surface area contributed by atoms with Gasteiger partial charge in [0.15, 0.2) is 0 Å². The Labute approximate surface area is 134 Å². The second-order valence-corrected chi connectivity index (χ2v) is 4.85. The van der Waals surface area contributed by atoms with Crippen molar-refractivity contribution in [2.45, 2.75) is 0 Å². The van der Waals surface area contributed by atoms with Crippen molar-refractivity contribution in [3.63, 3.8) is 0 Å². The van der Waals surface area contributed by atoms with E-state index in [2.05, 4.69) is 21.6 Å². The lowest BCUT2D eigenvalue weighted by Gasteiger charge is -2.05. The minimum absolute atomic E-state index is 0.512. The summed E-state index contributed by atoms with van der Waals surface area (Å²) in [7, 11) is 1.67. The number of hydrogen-bond donors (Lipinski definition) is 1. The van der Waals surface area contributed by atoms with E-state index in [0.717, 1.165) is 22.6 Å². The van der Waals surface area contributed by atoms with E-state index in [0.29, 0.717) is 12.4 Å². The number of nitrogens with zero attached hydrogens (tertiary/aromatic N) is 2. The third kappa shape index (κ3) is 3.77. The number of anilines is 1. The number of nitrogens with one attached hydrogen (secondary N) is 1. The van der Waals surface area contributed by atoms with Gasteiger partial charge in [0.1, 0.15) is 5.75 Å². The molecule has 0 aliphatic heterocycles. The number of aromatic nitrogens is 2. The van der Waals surface area contributed by atoms with Crippen LogP contribution in [-0.2, 0) is 0 Å². The maximum absolute atomic E-state index is 5.32. The summed E-state index contributed by atoms with van der Waals surface area (Å²) in [5, 5.41) is 10.9. The number of benzene rings is 2. The van der Waals surface area contributed by atoms with Crippen LogP contribution in [0.15, 0.2) is 65.4 Å². The third-order valence-electron chi connectivity index (χ3n) is 3.33. The summed E-state index contributed by atoms with van der Waals surface area (Å²) >= 11 is 0. The topological polar surface area (TPSA) is 60.2 Å². The SMILES string of the molecule is COc1ccccc1C=CCNc1cccc(-c2nnco2)c1. The fourth-order valence-corrected chi connectivity index (χ4v) is 2.23. The van der Waals surface area contributed by atoms with Crippen LogP contribution in [-0.4, -0.2) is 23.9 Å².